The van der Waals surface area contributed by atoms with Gasteiger partial charge in [0.1, 0.15) is 17.7 Å². The normalized spacial score (nSPS) is 18.7. The van der Waals surface area contributed by atoms with Gasteiger partial charge in [0.25, 0.3) is 0 Å². The van der Waals surface area contributed by atoms with Crippen molar-refractivity contribution in [3.8, 4) is 0 Å². The number of anilines is 1. The fraction of sp³-hybridized carbons (Fsp3) is 0.118. The van der Waals surface area contributed by atoms with Gasteiger partial charge in [0.15, 0.2) is 0 Å². The summed E-state index contributed by atoms with van der Waals surface area (Å²) in [7, 11) is 1.77. The number of nitrogens with one attached hydrogen (secondary N) is 1. The molecule has 24 heavy (non-hydrogen) atoms. The summed E-state index contributed by atoms with van der Waals surface area (Å²) < 4.78 is 0. The van der Waals surface area contributed by atoms with Gasteiger partial charge in [-0.3, -0.25) is 9.98 Å². The van der Waals surface area contributed by atoms with Gasteiger partial charge in [-0.25, -0.2) is 4.98 Å². The molecule has 3 aromatic heterocycles. The summed E-state index contributed by atoms with van der Waals surface area (Å²) in [6.07, 6.45) is 1.64. The van der Waals surface area contributed by atoms with Crippen LogP contribution in [0, 0.1) is 0 Å². The monoisotopic (exact) mass is 372 g/mol. The Morgan fingerprint density at radius 1 is 1.21 bits per heavy atom. The third kappa shape index (κ3) is 2.77. The molecule has 0 amide bonds. The average Bonchev–Trinajstić information content (AvgIpc) is 3.27. The van der Waals surface area contributed by atoms with Gasteiger partial charge in [0.05, 0.1) is 15.6 Å². The molecule has 120 valence electrons. The number of fused-ring (bicyclic) bond motifs is 1. The van der Waals surface area contributed by atoms with Gasteiger partial charge in [-0.2, -0.15) is 0 Å². The van der Waals surface area contributed by atoms with E-state index in [1.807, 2.05) is 23.6 Å². The molecule has 4 heterocycles. The van der Waals surface area contributed by atoms with E-state index in [0.29, 0.717) is 5.02 Å². The lowest BCUT2D eigenvalue weighted by Gasteiger charge is -2.13. The molecule has 0 spiro atoms. The van der Waals surface area contributed by atoms with E-state index in [4.69, 9.17) is 16.6 Å². The number of halogens is 1. The van der Waals surface area contributed by atoms with Crippen molar-refractivity contribution in [1.82, 2.24) is 4.98 Å². The smallest absolute Gasteiger partial charge is 0.142 e. The number of hydrogen-bond acceptors (Lipinski definition) is 5. The number of aromatic nitrogens is 1. The predicted octanol–water partition coefficient (Wildman–Crippen LogP) is 4.89. The van der Waals surface area contributed by atoms with Crippen molar-refractivity contribution in [3.63, 3.8) is 0 Å². The van der Waals surface area contributed by atoms with E-state index in [-0.39, 0.29) is 6.04 Å². The zero-order chi connectivity index (χ0) is 16.5. The SMILES string of the molecule is CN=C1Nc2ncc(Cl)cc2C(c2cccs2)=NC1c1cccs1. The van der Waals surface area contributed by atoms with Gasteiger partial charge >= 0.3 is 0 Å². The lowest BCUT2D eigenvalue weighted by atomic mass is 10.1. The molecule has 4 rings (SSSR count). The molecule has 1 aliphatic heterocycles. The fourth-order valence-electron chi connectivity index (χ4n) is 2.60. The summed E-state index contributed by atoms with van der Waals surface area (Å²) in [6.45, 7) is 0. The summed E-state index contributed by atoms with van der Waals surface area (Å²) in [6, 6.07) is 9.91. The highest BCUT2D eigenvalue weighted by atomic mass is 35.5. The lowest BCUT2D eigenvalue weighted by molar-refractivity contribution is 0.982. The van der Waals surface area contributed by atoms with Gasteiger partial charge in [0, 0.05) is 23.7 Å². The first-order chi connectivity index (χ1) is 11.8. The van der Waals surface area contributed by atoms with Crippen molar-refractivity contribution < 1.29 is 0 Å². The number of nitrogens with zero attached hydrogens (tertiary/aromatic N) is 3. The summed E-state index contributed by atoms with van der Waals surface area (Å²) in [5.74, 6) is 1.51. The van der Waals surface area contributed by atoms with E-state index in [9.17, 15) is 0 Å². The molecule has 0 bridgehead atoms. The van der Waals surface area contributed by atoms with E-state index < -0.39 is 0 Å². The Hall–Kier alpha value is -2.02. The molecule has 3 aromatic rings. The molecular formula is C17H13ClN4S2. The molecule has 0 saturated carbocycles. The lowest BCUT2D eigenvalue weighted by Crippen LogP contribution is -2.19. The third-order valence-electron chi connectivity index (χ3n) is 3.68. The Bertz CT molecular complexity index is 914. The molecule has 0 aliphatic carbocycles. The van der Waals surface area contributed by atoms with Crippen LogP contribution in [0.5, 0.6) is 0 Å². The Morgan fingerprint density at radius 3 is 2.75 bits per heavy atom. The maximum Gasteiger partial charge on any atom is 0.142 e. The largest absolute Gasteiger partial charge is 0.326 e. The van der Waals surface area contributed by atoms with Crippen molar-refractivity contribution in [2.24, 2.45) is 9.98 Å². The Morgan fingerprint density at radius 2 is 2.04 bits per heavy atom. The molecule has 0 saturated heterocycles. The average molecular weight is 373 g/mol. The summed E-state index contributed by atoms with van der Waals surface area (Å²) >= 11 is 9.51. The second kappa shape index (κ2) is 6.47. The van der Waals surface area contributed by atoms with Crippen molar-refractivity contribution in [2.45, 2.75) is 6.04 Å². The van der Waals surface area contributed by atoms with Gasteiger partial charge in [-0.1, -0.05) is 23.7 Å². The zero-order valence-corrected chi connectivity index (χ0v) is 15.1. The number of rotatable bonds is 2. The van der Waals surface area contributed by atoms with Crippen LogP contribution < -0.4 is 5.32 Å². The van der Waals surface area contributed by atoms with E-state index in [0.717, 1.165) is 32.7 Å². The second-order valence-electron chi connectivity index (χ2n) is 5.16. The summed E-state index contributed by atoms with van der Waals surface area (Å²) in [5.41, 5.74) is 1.78. The molecular weight excluding hydrogens is 360 g/mol. The van der Waals surface area contributed by atoms with E-state index >= 15 is 0 Å². The first-order valence-electron chi connectivity index (χ1n) is 7.31. The number of pyridine rings is 1. The number of hydrogen-bond donors (Lipinski definition) is 1. The van der Waals surface area contributed by atoms with Gasteiger partial charge < -0.3 is 5.32 Å². The van der Waals surface area contributed by atoms with Crippen LogP contribution in [0.4, 0.5) is 5.82 Å². The van der Waals surface area contributed by atoms with Crippen molar-refractivity contribution in [2.75, 3.05) is 12.4 Å². The van der Waals surface area contributed by atoms with Crippen LogP contribution >= 0.6 is 34.3 Å². The van der Waals surface area contributed by atoms with Crippen LogP contribution in [0.25, 0.3) is 0 Å². The molecule has 1 aliphatic rings. The highest BCUT2D eigenvalue weighted by Gasteiger charge is 2.27. The first kappa shape index (κ1) is 15.5. The third-order valence-corrected chi connectivity index (χ3v) is 5.69. The molecule has 1 atom stereocenters. The fourth-order valence-corrected chi connectivity index (χ4v) is 4.26. The van der Waals surface area contributed by atoms with Crippen molar-refractivity contribution in [3.05, 3.63) is 67.6 Å². The second-order valence-corrected chi connectivity index (χ2v) is 7.52. The highest BCUT2D eigenvalue weighted by molar-refractivity contribution is 7.12. The van der Waals surface area contributed by atoms with Gasteiger partial charge in [0.2, 0.25) is 0 Å². The minimum absolute atomic E-state index is 0.180. The Kier molecular flexibility index (Phi) is 4.18. The maximum absolute atomic E-state index is 6.19. The molecule has 4 nitrogen and oxygen atoms in total. The predicted molar refractivity (Wildman–Crippen MR) is 103 cm³/mol. The molecule has 0 fully saturated rings. The van der Waals surface area contributed by atoms with Crippen LogP contribution in [-0.4, -0.2) is 23.6 Å². The van der Waals surface area contributed by atoms with Gasteiger partial charge in [-0.15, -0.1) is 22.7 Å². The Balaban J connectivity index is 1.96. The van der Waals surface area contributed by atoms with E-state index in [1.165, 1.54) is 0 Å². The van der Waals surface area contributed by atoms with Crippen LogP contribution in [0.1, 0.15) is 21.4 Å². The molecule has 1 N–H and O–H groups in total. The maximum atomic E-state index is 6.19. The van der Waals surface area contributed by atoms with Crippen LogP contribution in [0.3, 0.4) is 0 Å². The van der Waals surface area contributed by atoms with Crippen molar-refractivity contribution in [1.29, 1.82) is 0 Å². The molecule has 0 aromatic carbocycles. The van der Waals surface area contributed by atoms with E-state index in [1.54, 1.807) is 35.9 Å². The van der Waals surface area contributed by atoms with Crippen LogP contribution in [0.15, 0.2) is 57.3 Å². The minimum Gasteiger partial charge on any atom is -0.326 e. The standard InChI is InChI=1S/C17H13ClN4S2/c1-19-17-15(13-5-3-7-24-13)21-14(12-4-2-6-23-12)11-8-10(18)9-20-16(11)22-17/h2-9,15H,1H3,(H,19,20,22). The quantitative estimate of drug-likeness (QED) is 0.696. The topological polar surface area (TPSA) is 49.6 Å². The first-order valence-corrected chi connectivity index (χ1v) is 9.44. The minimum atomic E-state index is -0.180. The number of aliphatic imine (C=N–C) groups is 2. The zero-order valence-electron chi connectivity index (χ0n) is 12.7. The number of thiophene rings is 2. The molecule has 1 unspecified atom stereocenters. The van der Waals surface area contributed by atoms with Crippen LogP contribution in [0.2, 0.25) is 5.02 Å². The summed E-state index contributed by atoms with van der Waals surface area (Å²) in [4.78, 5) is 16.1. The Labute approximate surface area is 152 Å². The summed E-state index contributed by atoms with van der Waals surface area (Å²) in [5, 5.41) is 8.03. The van der Waals surface area contributed by atoms with Crippen LogP contribution in [-0.2, 0) is 0 Å². The number of amidine groups is 1. The van der Waals surface area contributed by atoms with E-state index in [2.05, 4.69) is 32.8 Å². The highest BCUT2D eigenvalue weighted by Crippen LogP contribution is 2.33. The van der Waals surface area contributed by atoms with Crippen molar-refractivity contribution >= 4 is 51.6 Å². The van der Waals surface area contributed by atoms with Gasteiger partial charge in [-0.05, 0) is 29.0 Å². The molecule has 7 heteroatoms. The molecule has 0 radical (unpaired) electrons.